The highest BCUT2D eigenvalue weighted by atomic mass is 35.5. The molecule has 5 nitrogen and oxygen atoms in total. The van der Waals surface area contributed by atoms with Crippen LogP contribution in [-0.2, 0) is 14.3 Å². The van der Waals surface area contributed by atoms with Gasteiger partial charge in [-0.3, -0.25) is 14.4 Å². The van der Waals surface area contributed by atoms with E-state index in [1.165, 1.54) is 7.11 Å². The summed E-state index contributed by atoms with van der Waals surface area (Å²) in [5, 5.41) is 3.24. The maximum Gasteiger partial charge on any atom is 0.307 e. The van der Waals surface area contributed by atoms with Crippen molar-refractivity contribution in [2.24, 2.45) is 0 Å². The fraction of sp³-hybridized carbons (Fsp3) is 0.318. The highest BCUT2D eigenvalue weighted by Gasteiger charge is 2.21. The molecule has 0 aromatic heterocycles. The summed E-state index contributed by atoms with van der Waals surface area (Å²) in [4.78, 5) is 36.7. The van der Waals surface area contributed by atoms with Crippen molar-refractivity contribution in [3.8, 4) is 0 Å². The van der Waals surface area contributed by atoms with Gasteiger partial charge in [0.05, 0.1) is 19.6 Å². The predicted molar refractivity (Wildman–Crippen MR) is 108 cm³/mol. The molecule has 1 amide bonds. The van der Waals surface area contributed by atoms with E-state index in [0.29, 0.717) is 16.1 Å². The molecule has 0 heterocycles. The first-order valence-corrected chi connectivity index (χ1v) is 9.40. The first kappa shape index (κ1) is 21.6. The second-order valence-corrected chi connectivity index (χ2v) is 7.07. The summed E-state index contributed by atoms with van der Waals surface area (Å²) in [5.74, 6) is -0.872. The minimum atomic E-state index is -0.621. The van der Waals surface area contributed by atoms with Crippen molar-refractivity contribution in [1.82, 2.24) is 5.32 Å². The standard InChI is InChI=1S/C22H24ClNO4/c1-14-8-9-15(2)17(12-14)20(25)10-11-21(26)24-19(13-22(27)28-3)16-6-4-5-7-18(16)23/h4-9,12,19H,10-11,13H2,1-3H3,(H,24,26)/t19-/m1/s1. The second kappa shape index (κ2) is 10.0. The van der Waals surface area contributed by atoms with E-state index in [4.69, 9.17) is 16.3 Å². The van der Waals surface area contributed by atoms with Gasteiger partial charge < -0.3 is 10.1 Å². The van der Waals surface area contributed by atoms with Crippen LogP contribution >= 0.6 is 11.6 Å². The van der Waals surface area contributed by atoms with Crippen molar-refractivity contribution in [3.63, 3.8) is 0 Å². The molecule has 1 atom stereocenters. The number of halogens is 1. The molecular formula is C22H24ClNO4. The number of nitrogens with one attached hydrogen (secondary N) is 1. The van der Waals surface area contributed by atoms with Crippen LogP contribution in [0.1, 0.15) is 52.4 Å². The number of ether oxygens (including phenoxy) is 1. The zero-order valence-electron chi connectivity index (χ0n) is 16.3. The van der Waals surface area contributed by atoms with E-state index in [9.17, 15) is 14.4 Å². The molecular weight excluding hydrogens is 378 g/mol. The lowest BCUT2D eigenvalue weighted by Gasteiger charge is -2.19. The number of benzene rings is 2. The van der Waals surface area contributed by atoms with Crippen LogP contribution in [0.2, 0.25) is 5.02 Å². The van der Waals surface area contributed by atoms with Gasteiger partial charge in [-0.15, -0.1) is 0 Å². The molecule has 0 unspecified atom stereocenters. The Kier molecular flexibility index (Phi) is 7.76. The number of hydrogen-bond donors (Lipinski definition) is 1. The van der Waals surface area contributed by atoms with Crippen molar-refractivity contribution >= 4 is 29.3 Å². The Labute approximate surface area is 170 Å². The van der Waals surface area contributed by atoms with Crippen LogP contribution in [0, 0.1) is 13.8 Å². The number of hydrogen-bond acceptors (Lipinski definition) is 4. The molecule has 0 aliphatic rings. The Morgan fingerprint density at radius 1 is 1.07 bits per heavy atom. The molecule has 0 aliphatic carbocycles. The monoisotopic (exact) mass is 401 g/mol. The van der Waals surface area contributed by atoms with Gasteiger partial charge >= 0.3 is 5.97 Å². The van der Waals surface area contributed by atoms with Gasteiger partial charge in [-0.1, -0.05) is 47.5 Å². The number of rotatable bonds is 8. The largest absolute Gasteiger partial charge is 0.469 e. The topological polar surface area (TPSA) is 72.5 Å². The molecule has 148 valence electrons. The summed E-state index contributed by atoms with van der Waals surface area (Å²) < 4.78 is 4.72. The lowest BCUT2D eigenvalue weighted by Crippen LogP contribution is -2.31. The molecule has 2 aromatic rings. The van der Waals surface area contributed by atoms with Crippen molar-refractivity contribution in [2.45, 2.75) is 39.2 Å². The molecule has 2 rings (SSSR count). The number of methoxy groups -OCH3 is 1. The maximum absolute atomic E-state index is 12.5. The lowest BCUT2D eigenvalue weighted by molar-refractivity contribution is -0.141. The van der Waals surface area contributed by atoms with Crippen LogP contribution in [0.3, 0.4) is 0 Å². The van der Waals surface area contributed by atoms with Crippen LogP contribution in [0.4, 0.5) is 0 Å². The van der Waals surface area contributed by atoms with E-state index >= 15 is 0 Å². The molecule has 0 saturated heterocycles. The van der Waals surface area contributed by atoms with Gasteiger partial charge in [-0.05, 0) is 37.1 Å². The van der Waals surface area contributed by atoms with E-state index in [0.717, 1.165) is 11.1 Å². The van der Waals surface area contributed by atoms with Crippen LogP contribution in [0.25, 0.3) is 0 Å². The van der Waals surface area contributed by atoms with Crippen molar-refractivity contribution in [3.05, 3.63) is 69.7 Å². The highest BCUT2D eigenvalue weighted by Crippen LogP contribution is 2.25. The Morgan fingerprint density at radius 2 is 1.79 bits per heavy atom. The number of ketones is 1. The minimum absolute atomic E-state index is 0.0222. The zero-order valence-corrected chi connectivity index (χ0v) is 17.0. The Hall–Kier alpha value is -2.66. The Morgan fingerprint density at radius 3 is 2.46 bits per heavy atom. The van der Waals surface area contributed by atoms with Gasteiger partial charge in [0.25, 0.3) is 0 Å². The summed E-state index contributed by atoms with van der Waals surface area (Å²) in [6.07, 6.45) is 0.0643. The van der Waals surface area contributed by atoms with Crippen LogP contribution in [-0.4, -0.2) is 24.8 Å². The van der Waals surface area contributed by atoms with Crippen LogP contribution in [0.15, 0.2) is 42.5 Å². The molecule has 0 bridgehead atoms. The van der Waals surface area contributed by atoms with Gasteiger partial charge in [0.2, 0.25) is 5.91 Å². The van der Waals surface area contributed by atoms with Gasteiger partial charge in [0, 0.05) is 23.4 Å². The molecule has 0 spiro atoms. The number of aryl methyl sites for hydroxylation is 2. The van der Waals surface area contributed by atoms with Gasteiger partial charge in [0.15, 0.2) is 5.78 Å². The third-order valence-corrected chi connectivity index (χ3v) is 4.83. The molecule has 0 radical (unpaired) electrons. The van der Waals surface area contributed by atoms with E-state index < -0.39 is 12.0 Å². The lowest BCUT2D eigenvalue weighted by atomic mass is 9.99. The van der Waals surface area contributed by atoms with Gasteiger partial charge in [-0.25, -0.2) is 0 Å². The average Bonchev–Trinajstić information content (AvgIpc) is 2.67. The smallest absolute Gasteiger partial charge is 0.307 e. The number of Topliss-reactive ketones (excluding diaryl/α,β-unsaturated/α-hetero) is 1. The SMILES string of the molecule is COC(=O)C[C@@H](NC(=O)CCC(=O)c1cc(C)ccc1C)c1ccccc1Cl. The van der Waals surface area contributed by atoms with Crippen LogP contribution in [0.5, 0.6) is 0 Å². The molecule has 0 saturated carbocycles. The molecule has 0 aliphatic heterocycles. The molecule has 6 heteroatoms. The summed E-state index contributed by atoms with van der Waals surface area (Å²) >= 11 is 6.21. The fourth-order valence-corrected chi connectivity index (χ4v) is 3.18. The maximum atomic E-state index is 12.5. The van der Waals surface area contributed by atoms with Gasteiger partial charge in [0.1, 0.15) is 0 Å². The third kappa shape index (κ3) is 5.92. The quantitative estimate of drug-likeness (QED) is 0.527. The molecule has 28 heavy (non-hydrogen) atoms. The van der Waals surface area contributed by atoms with Gasteiger partial charge in [-0.2, -0.15) is 0 Å². The first-order valence-electron chi connectivity index (χ1n) is 9.03. The summed E-state index contributed by atoms with van der Waals surface area (Å²) in [6.45, 7) is 3.79. The number of amides is 1. The minimum Gasteiger partial charge on any atom is -0.469 e. The van der Waals surface area contributed by atoms with Crippen molar-refractivity contribution < 1.29 is 19.1 Å². The number of carbonyl (C=O) groups is 3. The summed E-state index contributed by atoms with van der Waals surface area (Å²) in [6, 6.07) is 12.0. The predicted octanol–water partition coefficient (Wildman–Crippen LogP) is 4.34. The normalized spacial score (nSPS) is 11.6. The average molecular weight is 402 g/mol. The summed E-state index contributed by atoms with van der Waals surface area (Å²) in [7, 11) is 1.29. The van der Waals surface area contributed by atoms with E-state index in [1.807, 2.05) is 32.0 Å². The Balaban J connectivity index is 2.05. The van der Waals surface area contributed by atoms with Crippen LogP contribution < -0.4 is 5.32 Å². The first-order chi connectivity index (χ1) is 13.3. The second-order valence-electron chi connectivity index (χ2n) is 6.66. The number of esters is 1. The fourth-order valence-electron chi connectivity index (χ4n) is 2.91. The molecule has 1 N–H and O–H groups in total. The molecule has 2 aromatic carbocycles. The van der Waals surface area contributed by atoms with Crippen molar-refractivity contribution in [2.75, 3.05) is 7.11 Å². The summed E-state index contributed by atoms with van der Waals surface area (Å²) in [5.41, 5.74) is 3.14. The van der Waals surface area contributed by atoms with Crippen molar-refractivity contribution in [1.29, 1.82) is 0 Å². The van der Waals surface area contributed by atoms with E-state index in [1.54, 1.807) is 24.3 Å². The number of carbonyl (C=O) groups excluding carboxylic acids is 3. The zero-order chi connectivity index (χ0) is 20.7. The Bertz CT molecular complexity index is 879. The van der Waals surface area contributed by atoms with E-state index in [-0.39, 0.29) is 31.0 Å². The third-order valence-electron chi connectivity index (χ3n) is 4.49. The highest BCUT2D eigenvalue weighted by molar-refractivity contribution is 6.31. The molecule has 0 fully saturated rings. The van der Waals surface area contributed by atoms with E-state index in [2.05, 4.69) is 5.32 Å².